The number of phenols is 1. The van der Waals surface area contributed by atoms with Crippen LogP contribution < -0.4 is 0 Å². The fraction of sp³-hybridized carbons (Fsp3) is 0.333. The van der Waals surface area contributed by atoms with Crippen LogP contribution in [0.25, 0.3) is 10.8 Å². The van der Waals surface area contributed by atoms with Gasteiger partial charge >= 0.3 is 0 Å². The molecule has 1 saturated carbocycles. The Morgan fingerprint density at radius 3 is 2.59 bits per heavy atom. The number of benzene rings is 2. The molecule has 2 aromatic rings. The Morgan fingerprint density at radius 2 is 1.82 bits per heavy atom. The minimum absolute atomic E-state index is 0.382. The topological polar surface area (TPSA) is 20.2 Å². The first-order valence-corrected chi connectivity index (χ1v) is 7.16. The van der Waals surface area contributed by atoms with Crippen LogP contribution in [0.5, 0.6) is 5.75 Å². The Labute approximate surface area is 106 Å². The summed E-state index contributed by atoms with van der Waals surface area (Å²) in [5.74, 6) is 2.57. The Morgan fingerprint density at radius 1 is 1.06 bits per heavy atom. The van der Waals surface area contributed by atoms with Crippen LogP contribution >= 0.6 is 11.8 Å². The lowest BCUT2D eigenvalue weighted by Gasteiger charge is -2.07. The Kier molecular flexibility index (Phi) is 2.98. The van der Waals surface area contributed by atoms with Crippen LogP contribution in [0.3, 0.4) is 0 Å². The van der Waals surface area contributed by atoms with E-state index < -0.39 is 0 Å². The van der Waals surface area contributed by atoms with Crippen LogP contribution in [-0.2, 0) is 0 Å². The van der Waals surface area contributed by atoms with Crippen molar-refractivity contribution in [3.05, 3.63) is 36.4 Å². The van der Waals surface area contributed by atoms with Crippen molar-refractivity contribution in [1.82, 2.24) is 0 Å². The van der Waals surface area contributed by atoms with E-state index in [-0.39, 0.29) is 0 Å². The summed E-state index contributed by atoms with van der Waals surface area (Å²) < 4.78 is 0. The number of phenolic OH excluding ortho intramolecular Hbond substituents is 1. The largest absolute Gasteiger partial charge is 0.507 e. The minimum atomic E-state index is 0.382. The summed E-state index contributed by atoms with van der Waals surface area (Å²) in [5, 5.41) is 11.9. The second kappa shape index (κ2) is 4.61. The van der Waals surface area contributed by atoms with Gasteiger partial charge in [-0.25, -0.2) is 0 Å². The molecule has 0 unspecified atom stereocenters. The predicted molar refractivity (Wildman–Crippen MR) is 73.7 cm³/mol. The van der Waals surface area contributed by atoms with Crippen LogP contribution in [0, 0.1) is 5.92 Å². The second-order valence-electron chi connectivity index (χ2n) is 4.71. The molecule has 88 valence electrons. The van der Waals surface area contributed by atoms with E-state index in [9.17, 15) is 5.11 Å². The van der Waals surface area contributed by atoms with Gasteiger partial charge in [-0.15, -0.1) is 11.8 Å². The van der Waals surface area contributed by atoms with Crippen molar-refractivity contribution in [3.63, 3.8) is 0 Å². The molecule has 1 N–H and O–H groups in total. The first kappa shape index (κ1) is 11.0. The van der Waals surface area contributed by atoms with Gasteiger partial charge in [0.25, 0.3) is 0 Å². The van der Waals surface area contributed by atoms with Crippen LogP contribution in [0.4, 0.5) is 0 Å². The maximum Gasteiger partial charge on any atom is 0.123 e. The molecule has 0 aliphatic heterocycles. The molecule has 1 aliphatic rings. The summed E-state index contributed by atoms with van der Waals surface area (Å²) in [6.45, 7) is 0. The normalized spacial score (nSPS) is 15.3. The van der Waals surface area contributed by atoms with Crippen molar-refractivity contribution in [3.8, 4) is 5.75 Å². The average molecular weight is 244 g/mol. The van der Waals surface area contributed by atoms with Gasteiger partial charge in [0.05, 0.1) is 0 Å². The monoisotopic (exact) mass is 244 g/mol. The Hall–Kier alpha value is -1.15. The Balaban J connectivity index is 1.84. The molecule has 3 rings (SSSR count). The molecule has 0 bridgehead atoms. The van der Waals surface area contributed by atoms with E-state index in [1.165, 1.54) is 35.3 Å². The average Bonchev–Trinajstić information content (AvgIpc) is 3.17. The third-order valence-electron chi connectivity index (χ3n) is 3.34. The molecule has 0 radical (unpaired) electrons. The fourth-order valence-electron chi connectivity index (χ4n) is 2.12. The van der Waals surface area contributed by atoms with Gasteiger partial charge in [0.2, 0.25) is 0 Å². The van der Waals surface area contributed by atoms with Crippen LogP contribution in [0.15, 0.2) is 41.3 Å². The highest BCUT2D eigenvalue weighted by atomic mass is 32.2. The van der Waals surface area contributed by atoms with E-state index in [2.05, 4.69) is 6.07 Å². The van der Waals surface area contributed by atoms with Crippen LogP contribution in [0.1, 0.15) is 19.3 Å². The van der Waals surface area contributed by atoms with Gasteiger partial charge < -0.3 is 5.11 Å². The van der Waals surface area contributed by atoms with Gasteiger partial charge in [-0.05, 0) is 35.6 Å². The van der Waals surface area contributed by atoms with Gasteiger partial charge in [-0.3, -0.25) is 0 Å². The lowest BCUT2D eigenvalue weighted by molar-refractivity contribution is 0.481. The van der Waals surface area contributed by atoms with Crippen molar-refractivity contribution < 1.29 is 5.11 Å². The maximum absolute atomic E-state index is 9.81. The molecule has 0 atom stereocenters. The first-order valence-electron chi connectivity index (χ1n) is 6.18. The standard InChI is InChI=1S/C15H16OS/c16-14-7-8-15(17-10-9-11-5-6-11)13-4-2-1-3-12(13)14/h1-4,7-8,11,16H,5-6,9-10H2. The van der Waals surface area contributed by atoms with Crippen LogP contribution in [0.2, 0.25) is 0 Å². The molecule has 2 heteroatoms. The second-order valence-corrected chi connectivity index (χ2v) is 5.85. The highest BCUT2D eigenvalue weighted by Gasteiger charge is 2.20. The third kappa shape index (κ3) is 2.42. The van der Waals surface area contributed by atoms with Gasteiger partial charge in [-0.2, -0.15) is 0 Å². The number of fused-ring (bicyclic) bond motifs is 1. The Bertz CT molecular complexity index is 531. The van der Waals surface area contributed by atoms with Gasteiger partial charge in [0.1, 0.15) is 5.75 Å². The quantitative estimate of drug-likeness (QED) is 0.802. The van der Waals surface area contributed by atoms with E-state index in [4.69, 9.17) is 0 Å². The summed E-state index contributed by atoms with van der Waals surface area (Å²) in [5.41, 5.74) is 0. The van der Waals surface area contributed by atoms with E-state index in [0.717, 1.165) is 11.3 Å². The molecule has 0 amide bonds. The third-order valence-corrected chi connectivity index (χ3v) is 4.45. The van der Waals surface area contributed by atoms with Crippen LogP contribution in [-0.4, -0.2) is 10.9 Å². The van der Waals surface area contributed by atoms with Gasteiger partial charge in [0, 0.05) is 10.3 Å². The zero-order valence-corrected chi connectivity index (χ0v) is 10.5. The van der Waals surface area contributed by atoms with Gasteiger partial charge in [0.15, 0.2) is 0 Å². The minimum Gasteiger partial charge on any atom is -0.507 e. The SMILES string of the molecule is Oc1ccc(SCCC2CC2)c2ccccc12. The van der Waals surface area contributed by atoms with E-state index in [0.29, 0.717) is 5.75 Å². The molecule has 1 nitrogen and oxygen atoms in total. The highest BCUT2D eigenvalue weighted by molar-refractivity contribution is 7.99. The maximum atomic E-state index is 9.81. The molecule has 0 heterocycles. The smallest absolute Gasteiger partial charge is 0.123 e. The summed E-state index contributed by atoms with van der Waals surface area (Å²) in [6, 6.07) is 11.9. The summed E-state index contributed by atoms with van der Waals surface area (Å²) >= 11 is 1.92. The predicted octanol–water partition coefficient (Wildman–Crippen LogP) is 4.44. The van der Waals surface area contributed by atoms with Crippen molar-refractivity contribution >= 4 is 22.5 Å². The fourth-order valence-corrected chi connectivity index (χ4v) is 3.29. The molecule has 2 aromatic carbocycles. The molecule has 1 aliphatic carbocycles. The summed E-state index contributed by atoms with van der Waals surface area (Å²) in [7, 11) is 0. The molecule has 0 saturated heterocycles. The van der Waals surface area contributed by atoms with Crippen molar-refractivity contribution in [2.45, 2.75) is 24.2 Å². The van der Waals surface area contributed by atoms with Gasteiger partial charge in [-0.1, -0.05) is 37.1 Å². The first-order chi connectivity index (χ1) is 8.34. The number of rotatable bonds is 4. The van der Waals surface area contributed by atoms with Crippen molar-refractivity contribution in [2.75, 3.05) is 5.75 Å². The lowest BCUT2D eigenvalue weighted by atomic mass is 10.1. The number of hydrogen-bond donors (Lipinski definition) is 1. The zero-order valence-electron chi connectivity index (χ0n) is 9.73. The molecule has 0 aromatic heterocycles. The van der Waals surface area contributed by atoms with E-state index in [1.807, 2.05) is 42.1 Å². The highest BCUT2D eigenvalue weighted by Crippen LogP contribution is 2.37. The number of aromatic hydroxyl groups is 1. The van der Waals surface area contributed by atoms with Crippen molar-refractivity contribution in [2.24, 2.45) is 5.92 Å². The lowest BCUT2D eigenvalue weighted by Crippen LogP contribution is -1.84. The summed E-state index contributed by atoms with van der Waals surface area (Å²) in [4.78, 5) is 1.29. The molecule has 1 fully saturated rings. The zero-order chi connectivity index (χ0) is 11.7. The molecular weight excluding hydrogens is 228 g/mol. The molecule has 17 heavy (non-hydrogen) atoms. The van der Waals surface area contributed by atoms with E-state index in [1.54, 1.807) is 0 Å². The number of hydrogen-bond acceptors (Lipinski definition) is 2. The van der Waals surface area contributed by atoms with E-state index >= 15 is 0 Å². The van der Waals surface area contributed by atoms with Crippen molar-refractivity contribution in [1.29, 1.82) is 0 Å². The molecule has 0 spiro atoms. The molecular formula is C15H16OS. The number of thioether (sulfide) groups is 1. The summed E-state index contributed by atoms with van der Waals surface area (Å²) in [6.07, 6.45) is 4.19.